The van der Waals surface area contributed by atoms with E-state index in [1.165, 1.54) is 0 Å². The smallest absolute Gasteiger partial charge is 0.251 e. The van der Waals surface area contributed by atoms with Crippen molar-refractivity contribution in [2.75, 3.05) is 5.32 Å². The van der Waals surface area contributed by atoms with Crippen LogP contribution in [-0.2, 0) is 0 Å². The molecule has 0 atom stereocenters. The van der Waals surface area contributed by atoms with E-state index in [4.69, 9.17) is 11.6 Å². The molecular weight excluding hydrogens is 382 g/mol. The van der Waals surface area contributed by atoms with Gasteiger partial charge in [-0.1, -0.05) is 23.7 Å². The summed E-state index contributed by atoms with van der Waals surface area (Å²) in [4.78, 5) is 11.0. The van der Waals surface area contributed by atoms with Gasteiger partial charge in [-0.05, 0) is 47.9 Å². The first-order valence-corrected chi connectivity index (χ1v) is 9.45. The lowest BCUT2D eigenvalue weighted by Crippen LogP contribution is -2.18. The monoisotopic (exact) mass is 398 g/mol. The minimum absolute atomic E-state index is 0.105. The Labute approximate surface area is 164 Å². The Morgan fingerprint density at radius 1 is 1.11 bits per heavy atom. The normalized spacial score (nSPS) is 16.5. The van der Waals surface area contributed by atoms with Gasteiger partial charge in [0.1, 0.15) is 0 Å². The van der Waals surface area contributed by atoms with Crippen LogP contribution in [0.15, 0.2) is 48.7 Å². The van der Waals surface area contributed by atoms with Crippen LogP contribution in [0.3, 0.4) is 0 Å². The van der Waals surface area contributed by atoms with Crippen molar-refractivity contribution in [2.45, 2.75) is 25.2 Å². The van der Waals surface area contributed by atoms with Crippen LogP contribution in [0.1, 0.15) is 24.8 Å². The number of rotatable bonds is 3. The maximum absolute atomic E-state index is 13.4. The van der Waals surface area contributed by atoms with Gasteiger partial charge in [-0.15, -0.1) is 0 Å². The van der Waals surface area contributed by atoms with E-state index in [0.717, 1.165) is 38.8 Å². The van der Waals surface area contributed by atoms with Crippen LogP contribution in [0.2, 0.25) is 5.02 Å². The third-order valence-corrected chi connectivity index (χ3v) is 5.45. The molecule has 0 bridgehead atoms. The summed E-state index contributed by atoms with van der Waals surface area (Å²) in [6.07, 6.45) is 3.56. The first-order valence-electron chi connectivity index (χ1n) is 9.08. The van der Waals surface area contributed by atoms with Crippen molar-refractivity contribution in [3.8, 4) is 0 Å². The Kier molecular flexibility index (Phi) is 3.91. The maximum atomic E-state index is 13.4. The largest absolute Gasteiger partial charge is 0.361 e. The van der Waals surface area contributed by atoms with Gasteiger partial charge in [-0.3, -0.25) is 0 Å². The molecule has 0 spiro atoms. The molecule has 2 aromatic carbocycles. The zero-order valence-corrected chi connectivity index (χ0v) is 15.6. The Balaban J connectivity index is 1.44. The third kappa shape index (κ3) is 3.14. The molecule has 7 heteroatoms. The van der Waals surface area contributed by atoms with Gasteiger partial charge >= 0.3 is 0 Å². The molecule has 2 heterocycles. The summed E-state index contributed by atoms with van der Waals surface area (Å²) in [6.45, 7) is 0. The molecule has 0 saturated heterocycles. The number of halogens is 3. The fourth-order valence-corrected chi connectivity index (χ4v) is 3.93. The lowest BCUT2D eigenvalue weighted by atomic mass is 9.91. The molecule has 142 valence electrons. The number of benzene rings is 2. The second-order valence-corrected chi connectivity index (χ2v) is 7.54. The zero-order valence-electron chi connectivity index (χ0n) is 14.8. The van der Waals surface area contributed by atoms with Crippen molar-refractivity contribution < 1.29 is 8.78 Å². The molecule has 4 aromatic rings. The number of imidazole rings is 1. The molecule has 2 aromatic heterocycles. The second kappa shape index (κ2) is 6.34. The van der Waals surface area contributed by atoms with Crippen LogP contribution >= 0.6 is 11.6 Å². The van der Waals surface area contributed by atoms with Gasteiger partial charge in [0.2, 0.25) is 5.95 Å². The number of aromatic amines is 2. The lowest BCUT2D eigenvalue weighted by Gasteiger charge is -2.21. The van der Waals surface area contributed by atoms with Crippen molar-refractivity contribution in [1.29, 1.82) is 0 Å². The van der Waals surface area contributed by atoms with E-state index in [9.17, 15) is 8.78 Å². The minimum Gasteiger partial charge on any atom is -0.361 e. The zero-order chi connectivity index (χ0) is 19.3. The SMILES string of the molecule is FC1(F)CC=C(c2ccc3[nH]c(Nc4cc(Cl)c5cc[nH]c5c4)nc3c2)CC1. The summed E-state index contributed by atoms with van der Waals surface area (Å²) in [5.41, 5.74) is 5.31. The van der Waals surface area contributed by atoms with Gasteiger partial charge in [0, 0.05) is 35.6 Å². The van der Waals surface area contributed by atoms with Gasteiger partial charge in [0.25, 0.3) is 5.92 Å². The molecule has 5 rings (SSSR count). The molecule has 4 nitrogen and oxygen atoms in total. The van der Waals surface area contributed by atoms with Crippen LogP contribution in [-0.4, -0.2) is 20.9 Å². The van der Waals surface area contributed by atoms with Gasteiger partial charge in [-0.2, -0.15) is 0 Å². The van der Waals surface area contributed by atoms with E-state index in [0.29, 0.717) is 17.4 Å². The van der Waals surface area contributed by atoms with Crippen LogP contribution in [0.4, 0.5) is 20.4 Å². The van der Waals surface area contributed by atoms with Crippen molar-refractivity contribution >= 4 is 50.7 Å². The molecule has 1 aliphatic rings. The standard InChI is InChI=1S/C21H17ClF2N4/c22-16-10-14(11-18-15(16)5-8-25-18)26-20-27-17-2-1-13(9-19(17)28-20)12-3-6-21(23,24)7-4-12/h1-3,5,8-11,25H,4,6-7H2,(H2,26,27,28). The predicted octanol–water partition coefficient (Wildman–Crippen LogP) is 6.64. The molecule has 0 saturated carbocycles. The highest BCUT2D eigenvalue weighted by Crippen LogP contribution is 2.37. The van der Waals surface area contributed by atoms with Crippen LogP contribution in [0.5, 0.6) is 0 Å². The number of anilines is 2. The summed E-state index contributed by atoms with van der Waals surface area (Å²) in [5, 5.41) is 4.86. The van der Waals surface area contributed by atoms with E-state index in [1.54, 1.807) is 6.08 Å². The number of hydrogen-bond acceptors (Lipinski definition) is 2. The third-order valence-electron chi connectivity index (χ3n) is 5.14. The van der Waals surface area contributed by atoms with Crippen LogP contribution in [0, 0.1) is 0 Å². The first kappa shape index (κ1) is 17.3. The molecule has 0 fully saturated rings. The van der Waals surface area contributed by atoms with Crippen LogP contribution < -0.4 is 5.32 Å². The first-order chi connectivity index (χ1) is 13.5. The number of hydrogen-bond donors (Lipinski definition) is 3. The Hall–Kier alpha value is -2.86. The average molecular weight is 399 g/mol. The van der Waals surface area contributed by atoms with Crippen molar-refractivity contribution in [2.24, 2.45) is 0 Å². The van der Waals surface area contributed by atoms with Crippen molar-refractivity contribution in [1.82, 2.24) is 15.0 Å². The summed E-state index contributed by atoms with van der Waals surface area (Å²) < 4.78 is 26.8. The van der Waals surface area contributed by atoms with E-state index < -0.39 is 5.92 Å². The number of fused-ring (bicyclic) bond motifs is 2. The predicted molar refractivity (Wildman–Crippen MR) is 109 cm³/mol. The molecule has 1 aliphatic carbocycles. The minimum atomic E-state index is -2.58. The highest BCUT2D eigenvalue weighted by molar-refractivity contribution is 6.35. The molecule has 0 radical (unpaired) electrons. The van der Waals surface area contributed by atoms with E-state index in [2.05, 4.69) is 20.3 Å². The van der Waals surface area contributed by atoms with Gasteiger partial charge in [0.15, 0.2) is 0 Å². The quantitative estimate of drug-likeness (QED) is 0.362. The van der Waals surface area contributed by atoms with Crippen molar-refractivity contribution in [3.63, 3.8) is 0 Å². The summed E-state index contributed by atoms with van der Waals surface area (Å²) >= 11 is 6.33. The van der Waals surface area contributed by atoms with E-state index in [-0.39, 0.29) is 12.8 Å². The molecule has 3 N–H and O–H groups in total. The van der Waals surface area contributed by atoms with Gasteiger partial charge < -0.3 is 15.3 Å². The maximum Gasteiger partial charge on any atom is 0.251 e. The van der Waals surface area contributed by atoms with E-state index in [1.807, 2.05) is 42.6 Å². The van der Waals surface area contributed by atoms with Crippen LogP contribution in [0.25, 0.3) is 27.5 Å². The number of H-pyrrole nitrogens is 2. The topological polar surface area (TPSA) is 56.5 Å². The molecular formula is C21H17ClF2N4. The van der Waals surface area contributed by atoms with E-state index >= 15 is 0 Å². The Morgan fingerprint density at radius 2 is 2.00 bits per heavy atom. The number of alkyl halides is 2. The Bertz CT molecular complexity index is 1220. The second-order valence-electron chi connectivity index (χ2n) is 7.13. The number of nitrogens with one attached hydrogen (secondary N) is 3. The average Bonchev–Trinajstić information content (AvgIpc) is 3.27. The Morgan fingerprint density at radius 3 is 2.82 bits per heavy atom. The number of aromatic nitrogens is 3. The molecule has 0 aliphatic heterocycles. The van der Waals surface area contributed by atoms with Gasteiger partial charge in [-0.25, -0.2) is 13.8 Å². The highest BCUT2D eigenvalue weighted by atomic mass is 35.5. The summed E-state index contributed by atoms with van der Waals surface area (Å²) in [6, 6.07) is 11.6. The summed E-state index contributed by atoms with van der Waals surface area (Å²) in [7, 11) is 0. The molecule has 0 amide bonds. The lowest BCUT2D eigenvalue weighted by molar-refractivity contribution is -0.00602. The van der Waals surface area contributed by atoms with Crippen molar-refractivity contribution in [3.05, 3.63) is 59.3 Å². The molecule has 28 heavy (non-hydrogen) atoms. The highest BCUT2D eigenvalue weighted by Gasteiger charge is 2.31. The number of nitrogens with zero attached hydrogens (tertiary/aromatic N) is 1. The summed E-state index contributed by atoms with van der Waals surface area (Å²) in [5.74, 6) is -1.99. The fraction of sp³-hybridized carbons (Fsp3) is 0.190. The number of allylic oxidation sites excluding steroid dienone is 2. The molecule has 0 unspecified atom stereocenters. The van der Waals surface area contributed by atoms with Gasteiger partial charge in [0.05, 0.1) is 16.1 Å². The fourth-order valence-electron chi connectivity index (χ4n) is 3.65.